The molecule has 0 aliphatic carbocycles. The number of methoxy groups -OCH3 is 3. The largest absolute Gasteiger partial charge is 0.497 e. The van der Waals surface area contributed by atoms with E-state index < -0.39 is 0 Å². The standard InChI is InChI=1S/C21H24ClNO3.ClH/c1-24-16-7-6-14(5-4-9-22)17(12-16)21-18-13-20(26-3)19(25-2)11-15(18)8-10-23-21;/h6-7,11-13H,4-5,8-10H2,1-3H3;1H. The average molecular weight is 410 g/mol. The molecule has 0 unspecified atom stereocenters. The maximum absolute atomic E-state index is 5.92. The summed E-state index contributed by atoms with van der Waals surface area (Å²) in [5, 5.41) is 0. The van der Waals surface area contributed by atoms with E-state index in [-0.39, 0.29) is 12.4 Å². The molecule has 3 rings (SSSR count). The molecule has 2 aromatic carbocycles. The summed E-state index contributed by atoms with van der Waals surface area (Å²) in [7, 11) is 5.00. The number of halogens is 2. The lowest BCUT2D eigenvalue weighted by Gasteiger charge is -2.22. The van der Waals surface area contributed by atoms with Gasteiger partial charge in [0, 0.05) is 23.6 Å². The van der Waals surface area contributed by atoms with Crippen LogP contribution in [0, 0.1) is 0 Å². The van der Waals surface area contributed by atoms with Crippen LogP contribution < -0.4 is 14.2 Å². The van der Waals surface area contributed by atoms with Crippen LogP contribution in [0.15, 0.2) is 35.3 Å². The summed E-state index contributed by atoms with van der Waals surface area (Å²) in [4.78, 5) is 4.85. The average Bonchev–Trinajstić information content (AvgIpc) is 2.70. The molecule has 2 aromatic rings. The highest BCUT2D eigenvalue weighted by atomic mass is 35.5. The Hall–Kier alpha value is -1.91. The quantitative estimate of drug-likeness (QED) is 0.622. The Morgan fingerprint density at radius 2 is 1.70 bits per heavy atom. The SMILES string of the molecule is COc1ccc(CCCCl)c(C2=NCCc3cc(OC)c(OC)cc32)c1.Cl. The maximum atomic E-state index is 5.92. The molecule has 1 heterocycles. The molecule has 0 N–H and O–H groups in total. The number of ether oxygens (including phenoxy) is 3. The van der Waals surface area contributed by atoms with Crippen molar-refractivity contribution >= 4 is 29.7 Å². The summed E-state index contributed by atoms with van der Waals surface area (Å²) >= 11 is 5.92. The lowest BCUT2D eigenvalue weighted by atomic mass is 9.89. The van der Waals surface area contributed by atoms with Crippen molar-refractivity contribution in [3.8, 4) is 17.2 Å². The number of aliphatic imine (C=N–C) groups is 1. The van der Waals surface area contributed by atoms with Crippen LogP contribution in [-0.2, 0) is 12.8 Å². The number of hydrogen-bond donors (Lipinski definition) is 0. The van der Waals surface area contributed by atoms with E-state index in [1.165, 1.54) is 11.1 Å². The summed E-state index contributed by atoms with van der Waals surface area (Å²) < 4.78 is 16.4. The summed E-state index contributed by atoms with van der Waals surface area (Å²) in [6, 6.07) is 10.2. The van der Waals surface area contributed by atoms with Crippen molar-refractivity contribution in [2.24, 2.45) is 4.99 Å². The molecule has 1 aliphatic heterocycles. The van der Waals surface area contributed by atoms with Gasteiger partial charge in [0.05, 0.1) is 27.0 Å². The fourth-order valence-corrected chi connectivity index (χ4v) is 3.46. The van der Waals surface area contributed by atoms with Crippen LogP contribution in [0.1, 0.15) is 28.7 Å². The Bertz CT molecular complexity index is 821. The van der Waals surface area contributed by atoms with Crippen LogP contribution >= 0.6 is 24.0 Å². The molecule has 0 aromatic heterocycles. The molecule has 0 radical (unpaired) electrons. The predicted molar refractivity (Wildman–Crippen MR) is 113 cm³/mol. The van der Waals surface area contributed by atoms with Crippen LogP contribution in [0.2, 0.25) is 0 Å². The number of aryl methyl sites for hydroxylation is 1. The highest BCUT2D eigenvalue weighted by Gasteiger charge is 2.22. The number of fused-ring (bicyclic) bond motifs is 1. The first-order valence-corrected chi connectivity index (χ1v) is 9.28. The molecular weight excluding hydrogens is 385 g/mol. The number of hydrogen-bond acceptors (Lipinski definition) is 4. The molecule has 27 heavy (non-hydrogen) atoms. The minimum Gasteiger partial charge on any atom is -0.497 e. The minimum atomic E-state index is 0. The molecule has 0 fully saturated rings. The van der Waals surface area contributed by atoms with Crippen molar-refractivity contribution in [1.82, 2.24) is 0 Å². The first-order valence-electron chi connectivity index (χ1n) is 8.74. The molecule has 4 nitrogen and oxygen atoms in total. The second-order valence-corrected chi connectivity index (χ2v) is 6.54. The molecule has 0 saturated carbocycles. The molecule has 0 amide bonds. The van der Waals surface area contributed by atoms with Gasteiger partial charge >= 0.3 is 0 Å². The second-order valence-electron chi connectivity index (χ2n) is 6.16. The normalized spacial score (nSPS) is 12.5. The van der Waals surface area contributed by atoms with Crippen LogP contribution in [0.25, 0.3) is 0 Å². The van der Waals surface area contributed by atoms with Gasteiger partial charge < -0.3 is 14.2 Å². The first kappa shape index (κ1) is 21.4. The Morgan fingerprint density at radius 3 is 2.37 bits per heavy atom. The van der Waals surface area contributed by atoms with Crippen LogP contribution in [0.5, 0.6) is 17.2 Å². The molecule has 0 spiro atoms. The number of benzene rings is 2. The molecular formula is C21H25Cl2NO3. The fourth-order valence-electron chi connectivity index (χ4n) is 3.33. The van der Waals surface area contributed by atoms with Crippen molar-refractivity contribution in [2.75, 3.05) is 33.8 Å². The van der Waals surface area contributed by atoms with Crippen molar-refractivity contribution in [3.05, 3.63) is 52.6 Å². The van der Waals surface area contributed by atoms with Gasteiger partial charge in [-0.25, -0.2) is 0 Å². The lowest BCUT2D eigenvalue weighted by Crippen LogP contribution is -2.16. The third kappa shape index (κ3) is 4.50. The highest BCUT2D eigenvalue weighted by Crippen LogP contribution is 2.35. The van der Waals surface area contributed by atoms with Gasteiger partial charge in [0.2, 0.25) is 0 Å². The van der Waals surface area contributed by atoms with Crippen LogP contribution in [-0.4, -0.2) is 39.5 Å². The lowest BCUT2D eigenvalue weighted by molar-refractivity contribution is 0.354. The summed E-state index contributed by atoms with van der Waals surface area (Å²) in [5.74, 6) is 2.93. The zero-order valence-electron chi connectivity index (χ0n) is 15.9. The van der Waals surface area contributed by atoms with Crippen molar-refractivity contribution < 1.29 is 14.2 Å². The van der Waals surface area contributed by atoms with Crippen molar-refractivity contribution in [3.63, 3.8) is 0 Å². The fraction of sp³-hybridized carbons (Fsp3) is 0.381. The van der Waals surface area contributed by atoms with E-state index in [4.69, 9.17) is 30.8 Å². The topological polar surface area (TPSA) is 40.0 Å². The van der Waals surface area contributed by atoms with E-state index in [0.717, 1.165) is 54.1 Å². The zero-order chi connectivity index (χ0) is 18.5. The molecule has 0 atom stereocenters. The van der Waals surface area contributed by atoms with Crippen molar-refractivity contribution in [2.45, 2.75) is 19.3 Å². The van der Waals surface area contributed by atoms with Gasteiger partial charge in [0.15, 0.2) is 11.5 Å². The van der Waals surface area contributed by atoms with Gasteiger partial charge in [-0.2, -0.15) is 0 Å². The minimum absolute atomic E-state index is 0. The number of rotatable bonds is 7. The molecule has 146 valence electrons. The van der Waals surface area contributed by atoms with Gasteiger partial charge in [-0.15, -0.1) is 24.0 Å². The summed E-state index contributed by atoms with van der Waals surface area (Å²) in [6.07, 6.45) is 2.72. The molecule has 6 heteroatoms. The highest BCUT2D eigenvalue weighted by molar-refractivity contribution is 6.18. The Morgan fingerprint density at radius 1 is 0.963 bits per heavy atom. The third-order valence-corrected chi connectivity index (χ3v) is 4.93. The van der Waals surface area contributed by atoms with E-state index in [1.807, 2.05) is 12.1 Å². The Kier molecular flexibility index (Phi) is 7.81. The van der Waals surface area contributed by atoms with E-state index >= 15 is 0 Å². The van der Waals surface area contributed by atoms with Gasteiger partial charge in [0.25, 0.3) is 0 Å². The summed E-state index contributed by atoms with van der Waals surface area (Å²) in [5.41, 5.74) is 5.62. The van der Waals surface area contributed by atoms with Crippen LogP contribution in [0.3, 0.4) is 0 Å². The van der Waals surface area contributed by atoms with E-state index in [1.54, 1.807) is 21.3 Å². The molecule has 1 aliphatic rings. The van der Waals surface area contributed by atoms with Gasteiger partial charge in [-0.3, -0.25) is 4.99 Å². The Labute approximate surface area is 171 Å². The smallest absolute Gasteiger partial charge is 0.161 e. The third-order valence-electron chi connectivity index (χ3n) is 4.67. The Balaban J connectivity index is 0.00000261. The van der Waals surface area contributed by atoms with Crippen LogP contribution in [0.4, 0.5) is 0 Å². The number of alkyl halides is 1. The molecule has 0 saturated heterocycles. The second kappa shape index (κ2) is 9.86. The number of nitrogens with zero attached hydrogens (tertiary/aromatic N) is 1. The predicted octanol–water partition coefficient (Wildman–Crippen LogP) is 4.70. The van der Waals surface area contributed by atoms with E-state index in [2.05, 4.69) is 18.2 Å². The molecule has 0 bridgehead atoms. The van der Waals surface area contributed by atoms with Gasteiger partial charge in [-0.1, -0.05) is 6.07 Å². The van der Waals surface area contributed by atoms with Gasteiger partial charge in [0.1, 0.15) is 5.75 Å². The monoisotopic (exact) mass is 409 g/mol. The first-order chi connectivity index (χ1) is 12.7. The van der Waals surface area contributed by atoms with Gasteiger partial charge in [-0.05, 0) is 54.7 Å². The zero-order valence-corrected chi connectivity index (χ0v) is 17.5. The summed E-state index contributed by atoms with van der Waals surface area (Å²) in [6.45, 7) is 0.754. The van der Waals surface area contributed by atoms with E-state index in [9.17, 15) is 0 Å². The van der Waals surface area contributed by atoms with E-state index in [0.29, 0.717) is 11.6 Å². The maximum Gasteiger partial charge on any atom is 0.161 e. The van der Waals surface area contributed by atoms with Crippen molar-refractivity contribution in [1.29, 1.82) is 0 Å².